The maximum atomic E-state index is 12.4. The molecule has 0 aromatic heterocycles. The highest BCUT2D eigenvalue weighted by atomic mass is 16.5. The second kappa shape index (κ2) is 9.87. The first kappa shape index (κ1) is 19.9. The Morgan fingerprint density at radius 3 is 2.50 bits per heavy atom. The summed E-state index contributed by atoms with van der Waals surface area (Å²) in [6.45, 7) is 1.15. The molecule has 1 saturated heterocycles. The Balaban J connectivity index is 1.50. The summed E-state index contributed by atoms with van der Waals surface area (Å²) in [6, 6.07) is 15.5. The van der Waals surface area contributed by atoms with E-state index in [1.165, 1.54) is 0 Å². The zero-order chi connectivity index (χ0) is 19.8. The largest absolute Gasteiger partial charge is 0.484 e. The van der Waals surface area contributed by atoms with E-state index in [0.29, 0.717) is 30.3 Å². The minimum Gasteiger partial charge on any atom is -0.484 e. The Morgan fingerprint density at radius 2 is 1.75 bits per heavy atom. The third-order valence-electron chi connectivity index (χ3n) is 4.61. The summed E-state index contributed by atoms with van der Waals surface area (Å²) in [7, 11) is 0. The average Bonchev–Trinajstić information content (AvgIpc) is 2.73. The number of rotatable bonds is 7. The Morgan fingerprint density at radius 1 is 1.04 bits per heavy atom. The fourth-order valence-electron chi connectivity index (χ4n) is 3.05. The van der Waals surface area contributed by atoms with Crippen LogP contribution in [0, 0.1) is 5.92 Å². The Hall–Kier alpha value is -2.90. The third kappa shape index (κ3) is 5.80. The summed E-state index contributed by atoms with van der Waals surface area (Å²) in [6.07, 6.45) is 1.57. The number of ether oxygens (including phenoxy) is 2. The smallest absolute Gasteiger partial charge is 0.262 e. The summed E-state index contributed by atoms with van der Waals surface area (Å²) in [4.78, 5) is 24.4. The highest BCUT2D eigenvalue weighted by molar-refractivity contribution is 5.95. The van der Waals surface area contributed by atoms with Gasteiger partial charge in [-0.2, -0.15) is 0 Å². The average molecular weight is 383 g/mol. The molecule has 7 heteroatoms. The van der Waals surface area contributed by atoms with Crippen LogP contribution in [0.1, 0.15) is 12.8 Å². The topological polar surface area (TPSA) is 103 Å². The Labute approximate surface area is 164 Å². The van der Waals surface area contributed by atoms with E-state index in [-0.39, 0.29) is 24.3 Å². The molecule has 1 unspecified atom stereocenters. The molecule has 1 fully saturated rings. The third-order valence-corrected chi connectivity index (χ3v) is 4.61. The van der Waals surface area contributed by atoms with Crippen molar-refractivity contribution in [2.45, 2.75) is 18.9 Å². The van der Waals surface area contributed by atoms with Gasteiger partial charge in [0.05, 0.1) is 6.04 Å². The van der Waals surface area contributed by atoms with Crippen LogP contribution in [-0.4, -0.2) is 37.7 Å². The molecule has 28 heavy (non-hydrogen) atoms. The van der Waals surface area contributed by atoms with Crippen LogP contribution < -0.4 is 21.1 Å². The van der Waals surface area contributed by atoms with Crippen molar-refractivity contribution in [1.29, 1.82) is 0 Å². The van der Waals surface area contributed by atoms with Crippen LogP contribution in [0.3, 0.4) is 0 Å². The van der Waals surface area contributed by atoms with Gasteiger partial charge in [-0.3, -0.25) is 9.59 Å². The van der Waals surface area contributed by atoms with Gasteiger partial charge in [0.1, 0.15) is 5.75 Å². The molecule has 148 valence electrons. The lowest BCUT2D eigenvalue weighted by Crippen LogP contribution is -2.44. The van der Waals surface area contributed by atoms with Crippen molar-refractivity contribution >= 4 is 23.2 Å². The van der Waals surface area contributed by atoms with E-state index in [1.54, 1.807) is 36.4 Å². The number of carbonyl (C=O) groups is 2. The molecule has 2 amide bonds. The van der Waals surface area contributed by atoms with Crippen molar-refractivity contribution in [1.82, 2.24) is 0 Å². The van der Waals surface area contributed by atoms with Gasteiger partial charge in [-0.1, -0.05) is 24.3 Å². The first-order chi connectivity index (χ1) is 13.6. The Bertz CT molecular complexity index is 791. The molecular formula is C21H25N3O4. The number of para-hydroxylation sites is 1. The van der Waals surface area contributed by atoms with Crippen molar-refractivity contribution in [3.63, 3.8) is 0 Å². The lowest BCUT2D eigenvalue weighted by atomic mass is 9.92. The molecule has 0 bridgehead atoms. The first-order valence-electron chi connectivity index (χ1n) is 9.34. The van der Waals surface area contributed by atoms with Gasteiger partial charge in [0.2, 0.25) is 5.91 Å². The summed E-state index contributed by atoms with van der Waals surface area (Å²) in [5.41, 5.74) is 7.38. The van der Waals surface area contributed by atoms with E-state index in [4.69, 9.17) is 15.2 Å². The van der Waals surface area contributed by atoms with Gasteiger partial charge < -0.3 is 25.8 Å². The van der Waals surface area contributed by atoms with Crippen LogP contribution in [-0.2, 0) is 14.3 Å². The maximum absolute atomic E-state index is 12.4. The molecule has 7 nitrogen and oxygen atoms in total. The number of amides is 2. The van der Waals surface area contributed by atoms with Gasteiger partial charge in [0.15, 0.2) is 6.61 Å². The van der Waals surface area contributed by atoms with Crippen LogP contribution in [0.2, 0.25) is 0 Å². The zero-order valence-corrected chi connectivity index (χ0v) is 15.6. The number of nitrogens with one attached hydrogen (secondary N) is 2. The fraction of sp³-hybridized carbons (Fsp3) is 0.333. The molecule has 1 aliphatic rings. The van der Waals surface area contributed by atoms with Gasteiger partial charge >= 0.3 is 0 Å². The van der Waals surface area contributed by atoms with Gasteiger partial charge in [-0.25, -0.2) is 0 Å². The SMILES string of the molecule is NC(C(=O)Nc1cccc(OCC(=O)Nc2ccccc2)c1)C1CCOCC1. The minimum atomic E-state index is -0.579. The number of anilines is 2. The van der Waals surface area contributed by atoms with Crippen LogP contribution in [0.5, 0.6) is 5.75 Å². The van der Waals surface area contributed by atoms with Crippen LogP contribution in [0.25, 0.3) is 0 Å². The highest BCUT2D eigenvalue weighted by Crippen LogP contribution is 2.21. The standard InChI is InChI=1S/C21H25N3O4/c22-20(15-9-11-27-12-10-15)21(26)24-17-7-4-8-18(13-17)28-14-19(25)23-16-5-2-1-3-6-16/h1-8,13,15,20H,9-12,14,22H2,(H,23,25)(H,24,26). The maximum Gasteiger partial charge on any atom is 0.262 e. The predicted octanol–water partition coefficient (Wildman–Crippen LogP) is 2.40. The van der Waals surface area contributed by atoms with Crippen LogP contribution in [0.15, 0.2) is 54.6 Å². The second-order valence-corrected chi connectivity index (χ2v) is 6.70. The van der Waals surface area contributed by atoms with Gasteiger partial charge in [0.25, 0.3) is 5.91 Å². The van der Waals surface area contributed by atoms with E-state index in [0.717, 1.165) is 12.8 Å². The molecule has 0 saturated carbocycles. The molecule has 0 aliphatic carbocycles. The van der Waals surface area contributed by atoms with Crippen molar-refractivity contribution in [2.75, 3.05) is 30.5 Å². The molecule has 1 atom stereocenters. The monoisotopic (exact) mass is 383 g/mol. The quantitative estimate of drug-likeness (QED) is 0.681. The summed E-state index contributed by atoms with van der Waals surface area (Å²) in [5.74, 6) is 0.114. The Kier molecular flexibility index (Phi) is 7.00. The summed E-state index contributed by atoms with van der Waals surface area (Å²) < 4.78 is 10.8. The van der Waals surface area contributed by atoms with E-state index in [2.05, 4.69) is 10.6 Å². The zero-order valence-electron chi connectivity index (χ0n) is 15.6. The van der Waals surface area contributed by atoms with Gasteiger partial charge in [0, 0.05) is 30.7 Å². The molecule has 1 heterocycles. The number of hydrogen-bond donors (Lipinski definition) is 3. The molecule has 2 aromatic carbocycles. The van der Waals surface area contributed by atoms with E-state index < -0.39 is 6.04 Å². The van der Waals surface area contributed by atoms with E-state index in [9.17, 15) is 9.59 Å². The summed E-state index contributed by atoms with van der Waals surface area (Å²) >= 11 is 0. The normalized spacial score (nSPS) is 15.5. The fourth-order valence-corrected chi connectivity index (χ4v) is 3.05. The molecule has 2 aromatic rings. The predicted molar refractivity (Wildman–Crippen MR) is 107 cm³/mol. The molecule has 3 rings (SSSR count). The number of benzene rings is 2. The minimum absolute atomic E-state index is 0.120. The van der Waals surface area contributed by atoms with Crippen molar-refractivity contribution in [2.24, 2.45) is 11.7 Å². The highest BCUT2D eigenvalue weighted by Gasteiger charge is 2.26. The summed E-state index contributed by atoms with van der Waals surface area (Å²) in [5, 5.41) is 5.57. The lowest BCUT2D eigenvalue weighted by molar-refractivity contribution is -0.119. The van der Waals surface area contributed by atoms with Crippen LogP contribution in [0.4, 0.5) is 11.4 Å². The molecule has 1 aliphatic heterocycles. The molecule has 0 spiro atoms. The van der Waals surface area contributed by atoms with Crippen molar-refractivity contribution in [3.05, 3.63) is 54.6 Å². The number of nitrogens with two attached hydrogens (primary N) is 1. The van der Waals surface area contributed by atoms with E-state index in [1.807, 2.05) is 18.2 Å². The lowest BCUT2D eigenvalue weighted by Gasteiger charge is -2.26. The number of hydrogen-bond acceptors (Lipinski definition) is 5. The van der Waals surface area contributed by atoms with Crippen molar-refractivity contribution in [3.8, 4) is 5.75 Å². The first-order valence-corrected chi connectivity index (χ1v) is 9.34. The van der Waals surface area contributed by atoms with Crippen LogP contribution >= 0.6 is 0 Å². The van der Waals surface area contributed by atoms with E-state index >= 15 is 0 Å². The van der Waals surface area contributed by atoms with Gasteiger partial charge in [-0.15, -0.1) is 0 Å². The second-order valence-electron chi connectivity index (χ2n) is 6.70. The van der Waals surface area contributed by atoms with Crippen molar-refractivity contribution < 1.29 is 19.1 Å². The molecule has 0 radical (unpaired) electrons. The molecule has 4 N–H and O–H groups in total. The number of carbonyl (C=O) groups excluding carboxylic acids is 2. The van der Waals surface area contributed by atoms with Gasteiger partial charge in [-0.05, 0) is 43.0 Å². The molecular weight excluding hydrogens is 358 g/mol.